The van der Waals surface area contributed by atoms with Crippen molar-refractivity contribution in [2.75, 3.05) is 19.8 Å². The number of fused-ring (bicyclic) bond motifs is 1. The number of ether oxygens (including phenoxy) is 1. The molecule has 2 amide bonds. The summed E-state index contributed by atoms with van der Waals surface area (Å²) in [6.45, 7) is 3.57. The standard InChI is InChI=1S/C15H20N2O4/c1-2-21-8-7-16-15(20)17-10-12-6-4-3-5-11(12)9-13(17)14(18)19/h3-6,13H,2,7-10H2,1H3,(H,16,20)(H,18,19)/t13-/m1/s1. The lowest BCUT2D eigenvalue weighted by atomic mass is 9.94. The van der Waals surface area contributed by atoms with Gasteiger partial charge in [-0.3, -0.25) is 0 Å². The molecule has 0 unspecified atom stereocenters. The summed E-state index contributed by atoms with van der Waals surface area (Å²) in [4.78, 5) is 25.0. The number of nitrogens with one attached hydrogen (secondary N) is 1. The molecule has 1 aromatic rings. The highest BCUT2D eigenvalue weighted by Crippen LogP contribution is 2.23. The van der Waals surface area contributed by atoms with Gasteiger partial charge in [0, 0.05) is 26.1 Å². The Kier molecular flexibility index (Phi) is 5.16. The summed E-state index contributed by atoms with van der Waals surface area (Å²) >= 11 is 0. The van der Waals surface area contributed by atoms with Crippen LogP contribution in [0.3, 0.4) is 0 Å². The van der Waals surface area contributed by atoms with Gasteiger partial charge in [-0.25, -0.2) is 9.59 Å². The van der Waals surface area contributed by atoms with Crippen molar-refractivity contribution in [3.05, 3.63) is 35.4 Å². The van der Waals surface area contributed by atoms with Gasteiger partial charge >= 0.3 is 12.0 Å². The minimum atomic E-state index is -0.982. The topological polar surface area (TPSA) is 78.9 Å². The fraction of sp³-hybridized carbons (Fsp3) is 0.467. The van der Waals surface area contributed by atoms with E-state index < -0.39 is 12.0 Å². The molecule has 0 fully saturated rings. The van der Waals surface area contributed by atoms with E-state index in [1.165, 1.54) is 4.90 Å². The number of carbonyl (C=O) groups is 2. The summed E-state index contributed by atoms with van der Waals surface area (Å²) in [5.41, 5.74) is 1.98. The van der Waals surface area contributed by atoms with E-state index in [4.69, 9.17) is 4.74 Å². The number of nitrogens with zero attached hydrogens (tertiary/aromatic N) is 1. The molecule has 6 heteroatoms. The molecule has 114 valence electrons. The van der Waals surface area contributed by atoms with Crippen LogP contribution in [0.5, 0.6) is 0 Å². The number of carboxylic acid groups (broad SMARTS) is 1. The lowest BCUT2D eigenvalue weighted by molar-refractivity contribution is -0.142. The van der Waals surface area contributed by atoms with Crippen molar-refractivity contribution in [1.82, 2.24) is 10.2 Å². The molecule has 0 saturated heterocycles. The van der Waals surface area contributed by atoms with Crippen molar-refractivity contribution in [3.63, 3.8) is 0 Å². The number of amides is 2. The second-order valence-corrected chi connectivity index (χ2v) is 4.88. The van der Waals surface area contributed by atoms with E-state index in [1.54, 1.807) is 0 Å². The molecule has 1 aromatic carbocycles. The van der Waals surface area contributed by atoms with Crippen molar-refractivity contribution >= 4 is 12.0 Å². The molecular weight excluding hydrogens is 272 g/mol. The molecule has 21 heavy (non-hydrogen) atoms. The highest BCUT2D eigenvalue weighted by Gasteiger charge is 2.34. The molecule has 2 rings (SSSR count). The first kappa shape index (κ1) is 15.3. The van der Waals surface area contributed by atoms with Crippen LogP contribution in [0.2, 0.25) is 0 Å². The predicted molar refractivity (Wildman–Crippen MR) is 77.0 cm³/mol. The van der Waals surface area contributed by atoms with Crippen molar-refractivity contribution in [3.8, 4) is 0 Å². The van der Waals surface area contributed by atoms with Gasteiger partial charge in [-0.1, -0.05) is 24.3 Å². The Bertz CT molecular complexity index is 518. The van der Waals surface area contributed by atoms with Gasteiger partial charge in [0.05, 0.1) is 6.61 Å². The van der Waals surface area contributed by atoms with Crippen molar-refractivity contribution in [1.29, 1.82) is 0 Å². The second kappa shape index (κ2) is 7.08. The van der Waals surface area contributed by atoms with Crippen LogP contribution in [-0.4, -0.2) is 47.8 Å². The smallest absolute Gasteiger partial charge is 0.326 e. The summed E-state index contributed by atoms with van der Waals surface area (Å²) in [6, 6.07) is 6.42. The number of aliphatic carboxylic acids is 1. The highest BCUT2D eigenvalue weighted by atomic mass is 16.5. The number of benzene rings is 1. The lowest BCUT2D eigenvalue weighted by Crippen LogP contribution is -2.52. The zero-order valence-electron chi connectivity index (χ0n) is 12.0. The first-order valence-electron chi connectivity index (χ1n) is 7.05. The quantitative estimate of drug-likeness (QED) is 0.800. The van der Waals surface area contributed by atoms with Crippen LogP contribution in [0.1, 0.15) is 18.1 Å². The molecule has 0 spiro atoms. The van der Waals surface area contributed by atoms with Crippen LogP contribution in [0.4, 0.5) is 4.79 Å². The molecule has 1 aliphatic heterocycles. The molecule has 0 aliphatic carbocycles. The largest absolute Gasteiger partial charge is 0.480 e. The number of hydrogen-bond acceptors (Lipinski definition) is 3. The Morgan fingerprint density at radius 2 is 2.10 bits per heavy atom. The van der Waals surface area contributed by atoms with Gasteiger partial charge in [0.25, 0.3) is 0 Å². The molecule has 0 bridgehead atoms. The van der Waals surface area contributed by atoms with Gasteiger partial charge in [-0.05, 0) is 18.1 Å². The second-order valence-electron chi connectivity index (χ2n) is 4.88. The SMILES string of the molecule is CCOCCNC(=O)N1Cc2ccccc2C[C@@H]1C(=O)O. The minimum absolute atomic E-state index is 0.313. The van der Waals surface area contributed by atoms with Crippen LogP contribution in [-0.2, 0) is 22.5 Å². The fourth-order valence-corrected chi connectivity index (χ4v) is 2.43. The van der Waals surface area contributed by atoms with Gasteiger partial charge in [-0.2, -0.15) is 0 Å². The Hall–Kier alpha value is -2.08. The van der Waals surface area contributed by atoms with E-state index in [0.29, 0.717) is 32.7 Å². The minimum Gasteiger partial charge on any atom is -0.480 e. The highest BCUT2D eigenvalue weighted by molar-refractivity contribution is 5.83. The molecule has 0 radical (unpaired) electrons. The van der Waals surface area contributed by atoms with Crippen LogP contribution < -0.4 is 5.32 Å². The molecule has 1 heterocycles. The van der Waals surface area contributed by atoms with Crippen LogP contribution in [0, 0.1) is 0 Å². The van der Waals surface area contributed by atoms with Gasteiger partial charge in [0.1, 0.15) is 6.04 Å². The summed E-state index contributed by atoms with van der Waals surface area (Å²) < 4.78 is 5.15. The average Bonchev–Trinajstić information content (AvgIpc) is 2.50. The van der Waals surface area contributed by atoms with Crippen molar-refractivity contribution < 1.29 is 19.4 Å². The van der Waals surface area contributed by atoms with E-state index in [0.717, 1.165) is 11.1 Å². The van der Waals surface area contributed by atoms with Crippen molar-refractivity contribution in [2.45, 2.75) is 25.9 Å². The van der Waals surface area contributed by atoms with Crippen molar-refractivity contribution in [2.24, 2.45) is 0 Å². The molecule has 0 aromatic heterocycles. The van der Waals surface area contributed by atoms with E-state index in [9.17, 15) is 14.7 Å². The number of hydrogen-bond donors (Lipinski definition) is 2. The van der Waals surface area contributed by atoms with E-state index in [2.05, 4.69) is 5.32 Å². The average molecular weight is 292 g/mol. The van der Waals surface area contributed by atoms with Gasteiger partial charge < -0.3 is 20.1 Å². The van der Waals surface area contributed by atoms with Gasteiger partial charge in [0.2, 0.25) is 0 Å². The third-order valence-corrected chi connectivity index (χ3v) is 3.52. The summed E-state index contributed by atoms with van der Waals surface area (Å²) in [6.07, 6.45) is 0.338. The van der Waals surface area contributed by atoms with E-state index >= 15 is 0 Å². The maximum atomic E-state index is 12.2. The molecule has 2 N–H and O–H groups in total. The third-order valence-electron chi connectivity index (χ3n) is 3.52. The van der Waals surface area contributed by atoms with Crippen LogP contribution >= 0.6 is 0 Å². The van der Waals surface area contributed by atoms with Crippen LogP contribution in [0.25, 0.3) is 0 Å². The predicted octanol–water partition coefficient (Wildman–Crippen LogP) is 1.24. The fourth-order valence-electron chi connectivity index (χ4n) is 2.43. The van der Waals surface area contributed by atoms with Gasteiger partial charge in [-0.15, -0.1) is 0 Å². The zero-order chi connectivity index (χ0) is 15.2. The number of carboxylic acids is 1. The molecule has 6 nitrogen and oxygen atoms in total. The van der Waals surface area contributed by atoms with E-state index in [-0.39, 0.29) is 6.03 Å². The summed E-state index contributed by atoms with van der Waals surface area (Å²) in [5.74, 6) is -0.982. The van der Waals surface area contributed by atoms with Gasteiger partial charge in [0.15, 0.2) is 0 Å². The number of carbonyl (C=O) groups excluding carboxylic acids is 1. The monoisotopic (exact) mass is 292 g/mol. The molecular formula is C15H20N2O4. The van der Waals surface area contributed by atoms with E-state index in [1.807, 2.05) is 31.2 Å². The number of urea groups is 1. The van der Waals surface area contributed by atoms with Crippen LogP contribution in [0.15, 0.2) is 24.3 Å². The first-order chi connectivity index (χ1) is 10.1. The molecule has 0 saturated carbocycles. The third kappa shape index (κ3) is 3.72. The Labute approximate surface area is 123 Å². The molecule has 1 aliphatic rings. The summed E-state index contributed by atoms with van der Waals surface area (Å²) in [7, 11) is 0. The first-order valence-corrected chi connectivity index (χ1v) is 7.05. The number of rotatable bonds is 5. The zero-order valence-corrected chi connectivity index (χ0v) is 12.0. The Balaban J connectivity index is 2.06. The normalized spacial score (nSPS) is 17.2. The lowest BCUT2D eigenvalue weighted by Gasteiger charge is -2.34. The Morgan fingerprint density at radius 3 is 2.76 bits per heavy atom. The molecule has 1 atom stereocenters. The summed E-state index contributed by atoms with van der Waals surface area (Å²) in [5, 5.41) is 12.0. The maximum Gasteiger partial charge on any atom is 0.326 e. The Morgan fingerprint density at radius 1 is 1.38 bits per heavy atom. The maximum absolute atomic E-state index is 12.2.